The standard InChI is InChI=1S/C13H18FN3O/c1-9-5-3-4-6-17(9)13(18)11-7-10(14)8-16-12(11)15-2/h7-9H,3-6H2,1-2H3,(H,15,16). The molecule has 1 fully saturated rings. The van der Waals surface area contributed by atoms with E-state index in [1.54, 1.807) is 11.9 Å². The Hall–Kier alpha value is -1.65. The van der Waals surface area contributed by atoms with E-state index in [9.17, 15) is 9.18 Å². The number of likely N-dealkylation sites (tertiary alicyclic amines) is 1. The molecule has 2 heterocycles. The number of anilines is 1. The Morgan fingerprint density at radius 2 is 2.33 bits per heavy atom. The van der Waals surface area contributed by atoms with Crippen molar-refractivity contribution in [1.82, 2.24) is 9.88 Å². The summed E-state index contributed by atoms with van der Waals surface area (Å²) in [6.45, 7) is 2.77. The summed E-state index contributed by atoms with van der Waals surface area (Å²) in [5, 5.41) is 2.83. The second-order valence-electron chi connectivity index (χ2n) is 4.64. The van der Waals surface area contributed by atoms with Crippen molar-refractivity contribution in [3.8, 4) is 0 Å². The smallest absolute Gasteiger partial charge is 0.257 e. The normalized spacial score (nSPS) is 19.7. The predicted molar refractivity (Wildman–Crippen MR) is 68.1 cm³/mol. The number of nitrogens with zero attached hydrogens (tertiary/aromatic N) is 2. The van der Waals surface area contributed by atoms with Gasteiger partial charge in [-0.25, -0.2) is 9.37 Å². The van der Waals surface area contributed by atoms with E-state index in [-0.39, 0.29) is 11.9 Å². The van der Waals surface area contributed by atoms with E-state index >= 15 is 0 Å². The predicted octanol–water partition coefficient (Wildman–Crippen LogP) is 2.28. The molecule has 18 heavy (non-hydrogen) atoms. The van der Waals surface area contributed by atoms with Crippen molar-refractivity contribution in [2.75, 3.05) is 18.9 Å². The minimum Gasteiger partial charge on any atom is -0.372 e. The fraction of sp³-hybridized carbons (Fsp3) is 0.538. The van der Waals surface area contributed by atoms with Crippen molar-refractivity contribution in [2.45, 2.75) is 32.2 Å². The van der Waals surface area contributed by atoms with Crippen LogP contribution in [0.25, 0.3) is 0 Å². The first-order chi connectivity index (χ1) is 8.63. The van der Waals surface area contributed by atoms with Crippen molar-refractivity contribution >= 4 is 11.7 Å². The Morgan fingerprint density at radius 1 is 1.56 bits per heavy atom. The zero-order chi connectivity index (χ0) is 13.1. The molecule has 4 nitrogen and oxygen atoms in total. The largest absolute Gasteiger partial charge is 0.372 e. The third-order valence-electron chi connectivity index (χ3n) is 3.39. The van der Waals surface area contributed by atoms with Crippen molar-refractivity contribution in [3.05, 3.63) is 23.6 Å². The van der Waals surface area contributed by atoms with E-state index in [1.807, 2.05) is 6.92 Å². The lowest BCUT2D eigenvalue weighted by Crippen LogP contribution is -2.42. The summed E-state index contributed by atoms with van der Waals surface area (Å²) in [5.74, 6) is -0.195. The van der Waals surface area contributed by atoms with Crippen molar-refractivity contribution in [2.24, 2.45) is 0 Å². The third-order valence-corrected chi connectivity index (χ3v) is 3.39. The first-order valence-electron chi connectivity index (χ1n) is 6.27. The van der Waals surface area contributed by atoms with Crippen LogP contribution in [0.15, 0.2) is 12.3 Å². The molecule has 1 atom stereocenters. The highest BCUT2D eigenvalue weighted by atomic mass is 19.1. The molecule has 1 unspecified atom stereocenters. The maximum absolute atomic E-state index is 13.2. The number of aromatic nitrogens is 1. The summed E-state index contributed by atoms with van der Waals surface area (Å²) in [4.78, 5) is 18.1. The summed E-state index contributed by atoms with van der Waals surface area (Å²) in [7, 11) is 1.68. The molecule has 1 aromatic rings. The number of hydrogen-bond donors (Lipinski definition) is 1. The first kappa shape index (κ1) is 12.8. The summed E-state index contributed by atoms with van der Waals surface area (Å²) in [6, 6.07) is 1.46. The van der Waals surface area contributed by atoms with E-state index < -0.39 is 5.82 Å². The van der Waals surface area contributed by atoms with Crippen LogP contribution in [-0.4, -0.2) is 35.4 Å². The van der Waals surface area contributed by atoms with Gasteiger partial charge in [0.2, 0.25) is 0 Å². The molecule has 0 spiro atoms. The molecule has 5 heteroatoms. The van der Waals surface area contributed by atoms with Crippen LogP contribution in [0.2, 0.25) is 0 Å². The summed E-state index contributed by atoms with van der Waals surface area (Å²) in [6.07, 6.45) is 4.27. The van der Waals surface area contributed by atoms with Crippen LogP contribution < -0.4 is 5.32 Å². The zero-order valence-electron chi connectivity index (χ0n) is 10.7. The molecular weight excluding hydrogens is 233 g/mol. The van der Waals surface area contributed by atoms with Crippen LogP contribution in [0.4, 0.5) is 10.2 Å². The van der Waals surface area contributed by atoms with Gasteiger partial charge in [0.15, 0.2) is 0 Å². The number of amides is 1. The average molecular weight is 251 g/mol. The Balaban J connectivity index is 2.29. The molecule has 0 aliphatic carbocycles. The lowest BCUT2D eigenvalue weighted by atomic mass is 10.0. The molecule has 1 aliphatic rings. The quantitative estimate of drug-likeness (QED) is 0.877. The highest BCUT2D eigenvalue weighted by Crippen LogP contribution is 2.22. The van der Waals surface area contributed by atoms with E-state index in [4.69, 9.17) is 0 Å². The van der Waals surface area contributed by atoms with Gasteiger partial charge in [0.05, 0.1) is 11.8 Å². The molecule has 1 N–H and O–H groups in total. The topological polar surface area (TPSA) is 45.2 Å². The fourth-order valence-corrected chi connectivity index (χ4v) is 2.36. The molecular formula is C13H18FN3O. The Morgan fingerprint density at radius 3 is 3.00 bits per heavy atom. The van der Waals surface area contributed by atoms with E-state index in [1.165, 1.54) is 6.07 Å². The molecule has 1 aliphatic heterocycles. The lowest BCUT2D eigenvalue weighted by molar-refractivity contribution is 0.0635. The number of carbonyl (C=O) groups excluding carboxylic acids is 1. The van der Waals surface area contributed by atoms with Crippen LogP contribution in [0.3, 0.4) is 0 Å². The van der Waals surface area contributed by atoms with Gasteiger partial charge < -0.3 is 10.2 Å². The molecule has 0 bridgehead atoms. The van der Waals surface area contributed by atoms with Gasteiger partial charge in [0, 0.05) is 19.6 Å². The van der Waals surface area contributed by atoms with E-state index in [2.05, 4.69) is 10.3 Å². The number of piperidine rings is 1. The Labute approximate surface area is 106 Å². The van der Waals surface area contributed by atoms with Gasteiger partial charge in [-0.15, -0.1) is 0 Å². The first-order valence-corrected chi connectivity index (χ1v) is 6.27. The fourth-order valence-electron chi connectivity index (χ4n) is 2.36. The number of rotatable bonds is 2. The molecule has 98 valence electrons. The molecule has 0 saturated carbocycles. The second-order valence-corrected chi connectivity index (χ2v) is 4.64. The maximum Gasteiger partial charge on any atom is 0.257 e. The van der Waals surface area contributed by atoms with Gasteiger partial charge in [0.25, 0.3) is 5.91 Å². The third kappa shape index (κ3) is 2.44. The number of halogens is 1. The van der Waals surface area contributed by atoms with Gasteiger partial charge in [-0.1, -0.05) is 0 Å². The minimum absolute atomic E-state index is 0.140. The molecule has 0 radical (unpaired) electrons. The lowest BCUT2D eigenvalue weighted by Gasteiger charge is -2.33. The van der Waals surface area contributed by atoms with Crippen LogP contribution in [-0.2, 0) is 0 Å². The number of nitrogens with one attached hydrogen (secondary N) is 1. The minimum atomic E-state index is -0.484. The highest BCUT2D eigenvalue weighted by molar-refractivity contribution is 5.98. The van der Waals surface area contributed by atoms with Crippen LogP contribution in [0, 0.1) is 5.82 Å². The van der Waals surface area contributed by atoms with Gasteiger partial charge in [-0.2, -0.15) is 0 Å². The molecule has 1 aromatic heterocycles. The maximum atomic E-state index is 13.2. The van der Waals surface area contributed by atoms with Gasteiger partial charge >= 0.3 is 0 Å². The van der Waals surface area contributed by atoms with Gasteiger partial charge in [0.1, 0.15) is 11.6 Å². The monoisotopic (exact) mass is 251 g/mol. The summed E-state index contributed by atoms with van der Waals surface area (Å²) in [5.41, 5.74) is 0.311. The highest BCUT2D eigenvalue weighted by Gasteiger charge is 2.26. The molecule has 1 saturated heterocycles. The summed E-state index contributed by atoms with van der Waals surface area (Å²) < 4.78 is 13.2. The number of hydrogen-bond acceptors (Lipinski definition) is 3. The zero-order valence-corrected chi connectivity index (χ0v) is 10.7. The Bertz CT molecular complexity index is 450. The van der Waals surface area contributed by atoms with E-state index in [0.717, 1.165) is 32.0 Å². The molecule has 2 rings (SSSR count). The van der Waals surface area contributed by atoms with Crippen LogP contribution >= 0.6 is 0 Å². The van der Waals surface area contributed by atoms with Crippen LogP contribution in [0.5, 0.6) is 0 Å². The summed E-state index contributed by atoms with van der Waals surface area (Å²) >= 11 is 0. The van der Waals surface area contributed by atoms with Crippen molar-refractivity contribution < 1.29 is 9.18 Å². The van der Waals surface area contributed by atoms with Crippen molar-refractivity contribution in [1.29, 1.82) is 0 Å². The molecule has 1 amide bonds. The average Bonchev–Trinajstić information content (AvgIpc) is 2.38. The SMILES string of the molecule is CNc1ncc(F)cc1C(=O)N1CCCCC1C. The second kappa shape index (κ2) is 5.33. The number of pyridine rings is 1. The van der Waals surface area contributed by atoms with Crippen LogP contribution in [0.1, 0.15) is 36.5 Å². The van der Waals surface area contributed by atoms with Gasteiger partial charge in [-0.3, -0.25) is 4.79 Å². The molecule has 0 aromatic carbocycles. The number of carbonyl (C=O) groups is 1. The van der Waals surface area contributed by atoms with E-state index in [0.29, 0.717) is 11.4 Å². The van der Waals surface area contributed by atoms with Crippen molar-refractivity contribution in [3.63, 3.8) is 0 Å². The Kier molecular flexibility index (Phi) is 3.79. The van der Waals surface area contributed by atoms with Gasteiger partial charge in [-0.05, 0) is 32.3 Å².